The van der Waals surface area contributed by atoms with Gasteiger partial charge in [-0.25, -0.2) is 0 Å². The number of hydrogen-bond donors (Lipinski definition) is 0. The van der Waals surface area contributed by atoms with Gasteiger partial charge in [0.25, 0.3) is 0 Å². The van der Waals surface area contributed by atoms with Gasteiger partial charge in [-0.1, -0.05) is 236 Å². The first-order valence-corrected chi connectivity index (χ1v) is 35.5. The fourth-order valence-electron chi connectivity index (χ4n) is 17.4. The van der Waals surface area contributed by atoms with Gasteiger partial charge in [0.05, 0.1) is 38.7 Å². The second-order valence-electron chi connectivity index (χ2n) is 27.3. The summed E-state index contributed by atoms with van der Waals surface area (Å²) >= 11 is 0. The summed E-state index contributed by atoms with van der Waals surface area (Å²) in [5, 5.41) is 6.56. The molecule has 12 aromatic carbocycles. The van der Waals surface area contributed by atoms with E-state index in [9.17, 15) is 0 Å². The first-order chi connectivity index (χ1) is 51.3. The van der Waals surface area contributed by atoms with Crippen LogP contribution >= 0.6 is 0 Å². The van der Waals surface area contributed by atoms with Crippen molar-refractivity contribution in [2.75, 3.05) is 19.8 Å². The van der Waals surface area contributed by atoms with E-state index < -0.39 is 21.7 Å². The van der Waals surface area contributed by atoms with Crippen molar-refractivity contribution in [3.8, 4) is 86.2 Å². The molecule has 0 atom stereocenters. The third-order valence-corrected chi connectivity index (χ3v) is 22.2. The van der Waals surface area contributed by atoms with Gasteiger partial charge in [-0.15, -0.1) is 17.8 Å². The second kappa shape index (κ2) is 25.5. The number of hydrogen-bond acceptors (Lipinski definition) is 6. The van der Waals surface area contributed by atoms with Crippen molar-refractivity contribution in [3.05, 3.63) is 394 Å². The molecule has 3 aliphatic rings. The van der Waals surface area contributed by atoms with E-state index in [1.54, 1.807) is 0 Å². The summed E-state index contributed by atoms with van der Waals surface area (Å²) in [6, 6.07) is 106. The minimum absolute atomic E-state index is 0.332. The molecule has 18 rings (SSSR count). The Labute approximate surface area is 606 Å². The Kier molecular flexibility index (Phi) is 15.5. The second-order valence-corrected chi connectivity index (χ2v) is 27.3. The average Bonchev–Trinajstić information content (AvgIpc) is 1.53. The molecule has 0 bridgehead atoms. The van der Waals surface area contributed by atoms with E-state index in [4.69, 9.17) is 29.2 Å². The van der Waals surface area contributed by atoms with Crippen molar-refractivity contribution in [1.82, 2.24) is 15.0 Å². The molecule has 15 aromatic rings. The Morgan fingerprint density at radius 1 is 0.269 bits per heavy atom. The molecule has 0 radical (unpaired) electrons. The van der Waals surface area contributed by atoms with Gasteiger partial charge in [-0.05, 0) is 233 Å². The topological polar surface area (TPSA) is 66.4 Å². The number of aromatic nitrogens is 3. The predicted molar refractivity (Wildman–Crippen MR) is 420 cm³/mol. The molecule has 3 aromatic heterocycles. The molecule has 104 heavy (non-hydrogen) atoms. The summed E-state index contributed by atoms with van der Waals surface area (Å²) in [6.07, 6.45) is 6.36. The first-order valence-electron chi connectivity index (χ1n) is 35.5. The Morgan fingerprint density at radius 2 is 0.500 bits per heavy atom. The zero-order chi connectivity index (χ0) is 70.0. The quantitative estimate of drug-likeness (QED) is 0.0953. The molecule has 0 fully saturated rings. The van der Waals surface area contributed by atoms with Gasteiger partial charge < -0.3 is 14.2 Å². The van der Waals surface area contributed by atoms with Crippen LogP contribution in [0.5, 0.6) is 17.2 Å². The molecule has 0 saturated heterocycles. The number of rotatable bonds is 15. The van der Waals surface area contributed by atoms with Crippen molar-refractivity contribution in [2.45, 2.75) is 49.4 Å². The predicted octanol–water partition coefficient (Wildman–Crippen LogP) is 21.0. The molecule has 0 unspecified atom stereocenters. The summed E-state index contributed by atoms with van der Waals surface area (Å²) in [7, 11) is 0. The highest BCUT2D eigenvalue weighted by Gasteiger charge is 2.51. The molecular weight excluding hydrogens is 1270 g/mol. The van der Waals surface area contributed by atoms with Gasteiger partial charge in [-0.3, -0.25) is 15.0 Å². The summed E-state index contributed by atoms with van der Waals surface area (Å²) in [4.78, 5) is 17.4. The molecule has 0 amide bonds. The van der Waals surface area contributed by atoms with Gasteiger partial charge in [0.2, 0.25) is 0 Å². The summed E-state index contributed by atoms with van der Waals surface area (Å²) < 4.78 is 18.2. The van der Waals surface area contributed by atoms with E-state index >= 15 is 0 Å². The lowest BCUT2D eigenvalue weighted by Crippen LogP contribution is -2.33. The Morgan fingerprint density at radius 3 is 0.740 bits per heavy atom. The molecular formula is C98H69N3O3. The van der Waals surface area contributed by atoms with Crippen LogP contribution in [0.15, 0.2) is 310 Å². The van der Waals surface area contributed by atoms with Crippen LogP contribution in [0.1, 0.15) is 112 Å². The van der Waals surface area contributed by atoms with Crippen LogP contribution in [0.4, 0.5) is 0 Å². The van der Waals surface area contributed by atoms with Crippen LogP contribution in [0.3, 0.4) is 0 Å². The van der Waals surface area contributed by atoms with Crippen LogP contribution in [0.2, 0.25) is 0 Å². The molecule has 0 saturated carbocycles. The highest BCUT2D eigenvalue weighted by molar-refractivity contribution is 5.94. The number of ether oxygens (including phenoxy) is 3. The molecule has 6 heteroatoms. The first kappa shape index (κ1) is 63.1. The zero-order valence-electron chi connectivity index (χ0n) is 58.1. The van der Waals surface area contributed by atoms with E-state index in [1.165, 1.54) is 66.8 Å². The van der Waals surface area contributed by atoms with Crippen LogP contribution in [0.25, 0.3) is 65.7 Å². The van der Waals surface area contributed by atoms with Gasteiger partial charge in [-0.2, -0.15) is 0 Å². The average molecular weight is 1340 g/mol. The minimum Gasteiger partial charge on any atom is -0.481 e. The Bertz CT molecular complexity index is 5420. The highest BCUT2D eigenvalue weighted by atomic mass is 16.5. The zero-order valence-corrected chi connectivity index (χ0v) is 58.1. The maximum atomic E-state index is 6.07. The van der Waals surface area contributed by atoms with E-state index in [0.717, 1.165) is 100 Å². The molecule has 494 valence electrons. The smallest absolute Gasteiger partial charge is 0.149 e. The summed E-state index contributed by atoms with van der Waals surface area (Å²) in [6.45, 7) is 8.74. The van der Waals surface area contributed by atoms with E-state index in [2.05, 4.69) is 334 Å². The van der Waals surface area contributed by atoms with Crippen molar-refractivity contribution < 1.29 is 14.2 Å². The van der Waals surface area contributed by atoms with Crippen LogP contribution in [-0.4, -0.2) is 34.8 Å². The standard InChI is InChI=1S/C98H69N3O3/c1-5-8-53-102-77-47-38-65-56-71(41-35-68(65)59-77)96(86-29-17-11-23-80(86)81-24-12-18-30-87(81)96)74-44-50-92(99-62-74)95(4,93-51-45-75(63-100-93)97(88-31-19-13-25-82(88)83-26-14-20-32-89(83)97)72-42-36-69-60-78(103-54-9-6-2)48-39-66(69)57-72)94-52-46-76(64-101-94)98(90-33-21-15-27-84(90)85-28-16-22-34-91(85)98)73-43-37-70-61-79(104-55-10-7-3)49-40-67(70)58-73/h11-52,56-64H,53-55H2,1-4H3. The fraction of sp³-hybridized carbons (Fsp3) is 0.112. The number of benzene rings is 12. The van der Waals surface area contributed by atoms with E-state index in [0.29, 0.717) is 19.8 Å². The van der Waals surface area contributed by atoms with Crippen molar-refractivity contribution in [2.24, 2.45) is 0 Å². The lowest BCUT2D eigenvalue weighted by molar-refractivity contribution is 0.370. The lowest BCUT2D eigenvalue weighted by atomic mass is 9.67. The normalized spacial score (nSPS) is 13.5. The van der Waals surface area contributed by atoms with Gasteiger partial charge in [0.15, 0.2) is 0 Å². The highest BCUT2D eigenvalue weighted by Crippen LogP contribution is 2.60. The third-order valence-electron chi connectivity index (χ3n) is 22.2. The van der Waals surface area contributed by atoms with Crippen LogP contribution in [0, 0.1) is 35.5 Å². The lowest BCUT2D eigenvalue weighted by Gasteiger charge is -2.36. The van der Waals surface area contributed by atoms with Gasteiger partial charge in [0.1, 0.15) is 37.1 Å². The van der Waals surface area contributed by atoms with Gasteiger partial charge in [0, 0.05) is 18.6 Å². The largest absolute Gasteiger partial charge is 0.481 e. The maximum absolute atomic E-state index is 6.07. The van der Waals surface area contributed by atoms with Gasteiger partial charge >= 0.3 is 0 Å². The molecule has 3 heterocycles. The molecule has 3 aliphatic carbocycles. The molecule has 6 nitrogen and oxygen atoms in total. The van der Waals surface area contributed by atoms with Crippen molar-refractivity contribution in [1.29, 1.82) is 0 Å². The van der Waals surface area contributed by atoms with Crippen molar-refractivity contribution in [3.63, 3.8) is 0 Å². The van der Waals surface area contributed by atoms with Crippen molar-refractivity contribution >= 4 is 32.3 Å². The number of nitrogens with zero attached hydrogens (tertiary/aromatic N) is 3. The van der Waals surface area contributed by atoms with Crippen LogP contribution in [-0.2, 0) is 21.7 Å². The summed E-state index contributed by atoms with van der Waals surface area (Å²) in [5.41, 5.74) is 20.0. The van der Waals surface area contributed by atoms with E-state index in [1.807, 2.05) is 39.0 Å². The number of pyridine rings is 3. The van der Waals surface area contributed by atoms with Crippen LogP contribution < -0.4 is 14.2 Å². The van der Waals surface area contributed by atoms with E-state index in [-0.39, 0.29) is 0 Å². The minimum atomic E-state index is -1.03. The fourth-order valence-corrected chi connectivity index (χ4v) is 17.4. The third kappa shape index (κ3) is 9.73. The number of fused-ring (bicyclic) bond motifs is 12. The maximum Gasteiger partial charge on any atom is 0.149 e. The Balaban J connectivity index is 0.827. The molecule has 0 N–H and O–H groups in total. The Hall–Kier alpha value is -13.1. The SMILES string of the molecule is CC#CCOc1ccc2cc(C3(c4ccc(C(C)(c5ccc(C6(c7ccc8cc(OCC#CC)ccc8c7)c7ccccc7-c7ccccc76)cn5)c5ccc(C6(c7ccc8cc(OCC#CC)ccc8c7)c7ccccc7-c7ccccc76)cn5)nc4)c4ccccc4-c4ccccc43)ccc2c1. The molecule has 0 aliphatic heterocycles. The monoisotopic (exact) mass is 1340 g/mol. The summed E-state index contributed by atoms with van der Waals surface area (Å²) in [5.74, 6) is 20.3. The molecule has 0 spiro atoms.